The summed E-state index contributed by atoms with van der Waals surface area (Å²) in [6.07, 6.45) is 0. The van der Waals surface area contributed by atoms with Crippen molar-refractivity contribution in [2.45, 2.75) is 52.4 Å². The largest absolute Gasteiger partial charge is 0.456 e. The lowest BCUT2D eigenvalue weighted by atomic mass is 9.78. The normalized spacial score (nSPS) is 13.3. The van der Waals surface area contributed by atoms with E-state index in [0.717, 1.165) is 38.9 Å². The van der Waals surface area contributed by atoms with E-state index in [1.165, 1.54) is 72.0 Å². The Labute approximate surface area is 329 Å². The van der Waals surface area contributed by atoms with Crippen LogP contribution < -0.4 is 5.32 Å². The second-order valence-corrected chi connectivity index (χ2v) is 17.0. The summed E-state index contributed by atoms with van der Waals surface area (Å²) in [5.41, 5.74) is 19.1. The number of hydrogen-bond donors (Lipinski definition) is 1. The minimum Gasteiger partial charge on any atom is -0.456 e. The third kappa shape index (κ3) is 5.31. The minimum absolute atomic E-state index is 0.0513. The predicted molar refractivity (Wildman–Crippen MR) is 238 cm³/mol. The molecule has 272 valence electrons. The number of nitrogens with one attached hydrogen (secondary N) is 1. The van der Waals surface area contributed by atoms with E-state index in [0.29, 0.717) is 0 Å². The second-order valence-electron chi connectivity index (χ2n) is 17.0. The Balaban J connectivity index is 1.28. The number of hydrogen-bond acceptors (Lipinski definition) is 2. The van der Waals surface area contributed by atoms with Crippen molar-refractivity contribution < 1.29 is 4.42 Å². The Morgan fingerprint density at radius 3 is 2.04 bits per heavy atom. The van der Waals surface area contributed by atoms with E-state index in [2.05, 4.69) is 192 Å². The van der Waals surface area contributed by atoms with Crippen molar-refractivity contribution in [3.63, 3.8) is 0 Å². The lowest BCUT2D eigenvalue weighted by Crippen LogP contribution is -2.17. The average molecular weight is 724 g/mol. The zero-order valence-corrected chi connectivity index (χ0v) is 32.9. The van der Waals surface area contributed by atoms with Crippen LogP contribution in [0, 0.1) is 6.92 Å². The summed E-state index contributed by atoms with van der Waals surface area (Å²) in [7, 11) is 0. The number of aryl methyl sites for hydroxylation is 1. The Kier molecular flexibility index (Phi) is 7.67. The van der Waals surface area contributed by atoms with Gasteiger partial charge >= 0.3 is 0 Å². The van der Waals surface area contributed by atoms with Crippen molar-refractivity contribution >= 4 is 44.1 Å². The summed E-state index contributed by atoms with van der Waals surface area (Å²) in [5, 5.41) is 8.64. The third-order valence-electron chi connectivity index (χ3n) is 12.2. The first-order valence-electron chi connectivity index (χ1n) is 19.8. The molecule has 1 aromatic heterocycles. The summed E-state index contributed by atoms with van der Waals surface area (Å²) in [4.78, 5) is 0. The lowest BCUT2D eigenvalue weighted by molar-refractivity contribution is 0.584. The van der Waals surface area contributed by atoms with Crippen LogP contribution in [0.2, 0.25) is 0 Å². The highest BCUT2D eigenvalue weighted by Gasteiger charge is 2.39. The van der Waals surface area contributed by atoms with Crippen molar-refractivity contribution in [1.29, 1.82) is 0 Å². The van der Waals surface area contributed by atoms with Crippen LogP contribution in [0.4, 0.5) is 11.4 Å². The fourth-order valence-corrected chi connectivity index (χ4v) is 9.20. The second kappa shape index (κ2) is 12.6. The van der Waals surface area contributed by atoms with E-state index in [1.807, 2.05) is 12.1 Å². The average Bonchev–Trinajstić information content (AvgIpc) is 3.70. The van der Waals surface area contributed by atoms with E-state index in [1.54, 1.807) is 0 Å². The molecule has 0 fully saturated rings. The first-order chi connectivity index (χ1) is 27.1. The van der Waals surface area contributed by atoms with Gasteiger partial charge in [-0.15, -0.1) is 0 Å². The molecule has 0 unspecified atom stereocenters. The maximum atomic E-state index is 6.35. The number of benzene rings is 8. The summed E-state index contributed by atoms with van der Waals surface area (Å²) >= 11 is 0. The standard InChI is InChI=1S/C54H45NO/c1-33-15-7-9-18-37(33)50-40(28-29-44-51(50)41-27-26-36(53(2,3)4)32-45(41)54(44,5)6)43-31-35(39-21-13-17-34-16-8-10-19-38(34)39)25-30-46(43)55-47-22-14-24-49-52(47)42-20-11-12-23-48(42)56-49/h7-32,55H,1-6H3. The van der Waals surface area contributed by atoms with Gasteiger partial charge in [-0.3, -0.25) is 0 Å². The van der Waals surface area contributed by atoms with Crippen LogP contribution in [0.3, 0.4) is 0 Å². The first kappa shape index (κ1) is 34.1. The molecule has 1 heterocycles. The molecule has 0 radical (unpaired) electrons. The molecule has 0 amide bonds. The smallest absolute Gasteiger partial charge is 0.137 e. The van der Waals surface area contributed by atoms with Gasteiger partial charge in [-0.2, -0.15) is 0 Å². The fourth-order valence-electron chi connectivity index (χ4n) is 9.20. The van der Waals surface area contributed by atoms with Gasteiger partial charge in [0.2, 0.25) is 0 Å². The van der Waals surface area contributed by atoms with Gasteiger partial charge < -0.3 is 9.73 Å². The summed E-state index contributed by atoms with van der Waals surface area (Å²) in [5.74, 6) is 0. The van der Waals surface area contributed by atoms with Crippen LogP contribution in [0.25, 0.3) is 77.2 Å². The molecule has 2 heteroatoms. The topological polar surface area (TPSA) is 25.2 Å². The highest BCUT2D eigenvalue weighted by Crippen LogP contribution is 2.56. The van der Waals surface area contributed by atoms with Gasteiger partial charge in [0, 0.05) is 22.1 Å². The summed E-state index contributed by atoms with van der Waals surface area (Å²) in [6, 6.07) is 57.8. The molecule has 1 aliphatic carbocycles. The molecule has 1 N–H and O–H groups in total. The van der Waals surface area contributed by atoms with Gasteiger partial charge in [0.25, 0.3) is 0 Å². The highest BCUT2D eigenvalue weighted by atomic mass is 16.3. The Morgan fingerprint density at radius 2 is 1.20 bits per heavy atom. The Bertz CT molecular complexity index is 3020. The molecule has 0 atom stereocenters. The van der Waals surface area contributed by atoms with Gasteiger partial charge in [-0.05, 0) is 115 Å². The van der Waals surface area contributed by atoms with Gasteiger partial charge in [0.15, 0.2) is 0 Å². The molecule has 0 bridgehead atoms. The molecule has 1 aliphatic rings. The first-order valence-corrected chi connectivity index (χ1v) is 19.8. The van der Waals surface area contributed by atoms with Crippen LogP contribution in [-0.2, 0) is 10.8 Å². The van der Waals surface area contributed by atoms with Crippen molar-refractivity contribution in [3.05, 3.63) is 180 Å². The molecule has 10 rings (SSSR count). The van der Waals surface area contributed by atoms with Crippen LogP contribution >= 0.6 is 0 Å². The van der Waals surface area contributed by atoms with Crippen molar-refractivity contribution in [3.8, 4) is 44.5 Å². The van der Waals surface area contributed by atoms with E-state index >= 15 is 0 Å². The van der Waals surface area contributed by atoms with Gasteiger partial charge in [0.05, 0.1) is 11.1 Å². The van der Waals surface area contributed by atoms with Gasteiger partial charge in [-0.25, -0.2) is 0 Å². The monoisotopic (exact) mass is 723 g/mol. The minimum atomic E-state index is -0.161. The Morgan fingerprint density at radius 1 is 0.500 bits per heavy atom. The number of fused-ring (bicyclic) bond motifs is 7. The van der Waals surface area contributed by atoms with E-state index in [9.17, 15) is 0 Å². The van der Waals surface area contributed by atoms with Gasteiger partial charge in [-0.1, -0.05) is 162 Å². The molecular formula is C54H45NO. The zero-order valence-electron chi connectivity index (χ0n) is 32.9. The molecule has 8 aromatic carbocycles. The van der Waals surface area contributed by atoms with Crippen LogP contribution in [0.15, 0.2) is 162 Å². The van der Waals surface area contributed by atoms with Crippen LogP contribution in [0.5, 0.6) is 0 Å². The van der Waals surface area contributed by atoms with E-state index in [-0.39, 0.29) is 10.8 Å². The van der Waals surface area contributed by atoms with E-state index < -0.39 is 0 Å². The van der Waals surface area contributed by atoms with Gasteiger partial charge in [0.1, 0.15) is 11.2 Å². The van der Waals surface area contributed by atoms with Crippen LogP contribution in [0.1, 0.15) is 56.9 Å². The number of anilines is 2. The fraction of sp³-hybridized carbons (Fsp3) is 0.148. The zero-order chi connectivity index (χ0) is 38.3. The number of rotatable bonds is 5. The molecule has 0 saturated carbocycles. The number of para-hydroxylation sites is 1. The van der Waals surface area contributed by atoms with E-state index in [4.69, 9.17) is 4.42 Å². The third-order valence-corrected chi connectivity index (χ3v) is 12.2. The SMILES string of the molecule is Cc1ccccc1-c1c(-c2cc(-c3cccc4ccccc34)ccc2Nc2cccc3oc4ccccc4c23)ccc2c1-c1ccc(C(C)(C)C)cc1C2(C)C. The Hall–Kier alpha value is -6.38. The molecule has 0 saturated heterocycles. The maximum Gasteiger partial charge on any atom is 0.137 e. The summed E-state index contributed by atoms with van der Waals surface area (Å²) in [6.45, 7) is 14.0. The molecular weight excluding hydrogens is 679 g/mol. The molecule has 2 nitrogen and oxygen atoms in total. The molecule has 0 spiro atoms. The maximum absolute atomic E-state index is 6.35. The predicted octanol–water partition coefficient (Wildman–Crippen LogP) is 15.4. The molecule has 9 aromatic rings. The van der Waals surface area contributed by atoms with Crippen molar-refractivity contribution in [2.75, 3.05) is 5.32 Å². The summed E-state index contributed by atoms with van der Waals surface area (Å²) < 4.78 is 6.35. The van der Waals surface area contributed by atoms with Crippen molar-refractivity contribution in [1.82, 2.24) is 0 Å². The quantitative estimate of drug-likeness (QED) is 0.191. The van der Waals surface area contributed by atoms with Crippen molar-refractivity contribution in [2.24, 2.45) is 0 Å². The molecule has 0 aliphatic heterocycles. The molecule has 56 heavy (non-hydrogen) atoms. The number of furan rings is 1. The highest BCUT2D eigenvalue weighted by molar-refractivity contribution is 6.13. The lowest BCUT2D eigenvalue weighted by Gasteiger charge is -2.25. The van der Waals surface area contributed by atoms with Crippen LogP contribution in [-0.4, -0.2) is 0 Å².